The molecule has 19 heavy (non-hydrogen) atoms. The fourth-order valence-corrected chi connectivity index (χ4v) is 2.65. The van der Waals surface area contributed by atoms with E-state index in [2.05, 4.69) is 12.2 Å². The van der Waals surface area contributed by atoms with Crippen LogP contribution >= 0.6 is 0 Å². The van der Waals surface area contributed by atoms with Crippen LogP contribution < -0.4 is 5.32 Å². The van der Waals surface area contributed by atoms with Crippen molar-refractivity contribution in [3.8, 4) is 0 Å². The lowest BCUT2D eigenvalue weighted by Gasteiger charge is -2.17. The fraction of sp³-hybridized carbons (Fsp3) is 1.00. The molecule has 5 nitrogen and oxygen atoms in total. The monoisotopic (exact) mass is 273 g/mol. The van der Waals surface area contributed by atoms with Gasteiger partial charge in [0, 0.05) is 26.3 Å². The first-order valence-corrected chi connectivity index (χ1v) is 7.45. The first kappa shape index (κ1) is 15.2. The van der Waals surface area contributed by atoms with E-state index in [0.29, 0.717) is 31.8 Å². The van der Waals surface area contributed by atoms with Gasteiger partial charge in [-0.2, -0.15) is 0 Å². The number of ether oxygens (including phenoxy) is 3. The van der Waals surface area contributed by atoms with Crippen LogP contribution in [0.25, 0.3) is 0 Å². The van der Waals surface area contributed by atoms with Gasteiger partial charge in [-0.05, 0) is 32.1 Å². The minimum Gasteiger partial charge on any atom is -0.389 e. The number of rotatable bonds is 8. The second kappa shape index (κ2) is 8.17. The van der Waals surface area contributed by atoms with Gasteiger partial charge in [0.25, 0.3) is 0 Å². The highest BCUT2D eigenvalue weighted by Gasteiger charge is 2.23. The summed E-state index contributed by atoms with van der Waals surface area (Å²) in [6.45, 7) is 6.29. The van der Waals surface area contributed by atoms with E-state index in [9.17, 15) is 5.11 Å². The lowest BCUT2D eigenvalue weighted by atomic mass is 10.0. The summed E-state index contributed by atoms with van der Waals surface area (Å²) in [6.07, 6.45) is 3.43. The molecule has 0 radical (unpaired) electrons. The molecule has 2 fully saturated rings. The topological polar surface area (TPSA) is 60.0 Å². The zero-order valence-corrected chi connectivity index (χ0v) is 11.8. The van der Waals surface area contributed by atoms with Gasteiger partial charge in [-0.25, -0.2) is 0 Å². The van der Waals surface area contributed by atoms with E-state index < -0.39 is 6.10 Å². The first-order chi connectivity index (χ1) is 9.25. The van der Waals surface area contributed by atoms with Crippen LogP contribution in [0.3, 0.4) is 0 Å². The minimum absolute atomic E-state index is 0.233. The van der Waals surface area contributed by atoms with E-state index in [4.69, 9.17) is 14.2 Å². The number of nitrogens with one attached hydrogen (secondary N) is 1. The van der Waals surface area contributed by atoms with Gasteiger partial charge in [0.15, 0.2) is 0 Å². The molecule has 112 valence electrons. The highest BCUT2D eigenvalue weighted by molar-refractivity contribution is 4.75. The van der Waals surface area contributed by atoms with Gasteiger partial charge >= 0.3 is 0 Å². The highest BCUT2D eigenvalue weighted by Crippen LogP contribution is 2.19. The lowest BCUT2D eigenvalue weighted by Crippen LogP contribution is -2.35. The molecule has 0 bridgehead atoms. The Hall–Kier alpha value is -0.200. The Kier molecular flexibility index (Phi) is 6.53. The van der Waals surface area contributed by atoms with Crippen LogP contribution in [0.1, 0.15) is 26.2 Å². The summed E-state index contributed by atoms with van der Waals surface area (Å²) in [5.41, 5.74) is 0. The maximum absolute atomic E-state index is 9.80. The molecule has 0 saturated carbocycles. The third-order valence-electron chi connectivity index (χ3n) is 3.96. The van der Waals surface area contributed by atoms with Crippen molar-refractivity contribution in [1.82, 2.24) is 5.32 Å². The average molecular weight is 273 g/mol. The largest absolute Gasteiger partial charge is 0.389 e. The van der Waals surface area contributed by atoms with E-state index in [1.165, 1.54) is 0 Å². The van der Waals surface area contributed by atoms with E-state index in [1.807, 2.05) is 0 Å². The maximum Gasteiger partial charge on any atom is 0.0897 e. The number of aliphatic hydroxyl groups excluding tert-OH is 1. The van der Waals surface area contributed by atoms with Gasteiger partial charge < -0.3 is 24.6 Å². The summed E-state index contributed by atoms with van der Waals surface area (Å²) in [5.74, 6) is 0.569. The Labute approximate surface area is 115 Å². The molecule has 4 unspecified atom stereocenters. The van der Waals surface area contributed by atoms with Crippen LogP contribution in [0.4, 0.5) is 0 Å². The highest BCUT2D eigenvalue weighted by atomic mass is 16.5. The fourth-order valence-electron chi connectivity index (χ4n) is 2.65. The van der Waals surface area contributed by atoms with Crippen molar-refractivity contribution in [3.05, 3.63) is 0 Å². The maximum atomic E-state index is 9.80. The van der Waals surface area contributed by atoms with Crippen LogP contribution in [0.15, 0.2) is 0 Å². The standard InChI is InChI=1S/C14H27NO4/c1-11-12(4-6-18-11)7-15-8-13(16)9-17-10-14-3-2-5-19-14/h11-16H,2-10H2,1H3. The van der Waals surface area contributed by atoms with E-state index in [0.717, 1.165) is 39.0 Å². The van der Waals surface area contributed by atoms with Gasteiger partial charge in [-0.15, -0.1) is 0 Å². The molecule has 0 aromatic heterocycles. The predicted octanol–water partition coefficient (Wildman–Crippen LogP) is 0.558. The van der Waals surface area contributed by atoms with Crippen molar-refractivity contribution in [2.45, 2.75) is 44.5 Å². The van der Waals surface area contributed by atoms with Crippen molar-refractivity contribution in [2.24, 2.45) is 5.92 Å². The normalized spacial score (nSPS) is 32.8. The quantitative estimate of drug-likeness (QED) is 0.676. The molecule has 0 amide bonds. The minimum atomic E-state index is -0.445. The SMILES string of the molecule is CC1OCCC1CNCC(O)COCC1CCCO1. The Balaban J connectivity index is 1.46. The summed E-state index contributed by atoms with van der Waals surface area (Å²) >= 11 is 0. The third-order valence-corrected chi connectivity index (χ3v) is 3.96. The summed E-state index contributed by atoms with van der Waals surface area (Å²) in [7, 11) is 0. The summed E-state index contributed by atoms with van der Waals surface area (Å²) < 4.78 is 16.4. The zero-order chi connectivity index (χ0) is 13.5. The second-order valence-electron chi connectivity index (χ2n) is 5.61. The first-order valence-electron chi connectivity index (χ1n) is 7.45. The summed E-state index contributed by atoms with van der Waals surface area (Å²) in [5, 5.41) is 13.1. The molecular formula is C14H27NO4. The third kappa shape index (κ3) is 5.36. The molecule has 0 aliphatic carbocycles. The van der Waals surface area contributed by atoms with Crippen LogP contribution in [0.5, 0.6) is 0 Å². The predicted molar refractivity (Wildman–Crippen MR) is 72.2 cm³/mol. The molecule has 2 aliphatic rings. The van der Waals surface area contributed by atoms with E-state index in [-0.39, 0.29) is 6.10 Å². The van der Waals surface area contributed by atoms with Crippen LogP contribution in [0, 0.1) is 5.92 Å². The van der Waals surface area contributed by atoms with Crippen molar-refractivity contribution in [1.29, 1.82) is 0 Å². The molecule has 0 aromatic rings. The summed E-state index contributed by atoms with van der Waals surface area (Å²) in [4.78, 5) is 0. The zero-order valence-electron chi connectivity index (χ0n) is 11.8. The van der Waals surface area contributed by atoms with Crippen LogP contribution in [0.2, 0.25) is 0 Å². The van der Waals surface area contributed by atoms with Crippen molar-refractivity contribution >= 4 is 0 Å². The Bertz CT molecular complexity index is 246. The molecule has 4 atom stereocenters. The second-order valence-corrected chi connectivity index (χ2v) is 5.61. The number of hydrogen-bond acceptors (Lipinski definition) is 5. The van der Waals surface area contributed by atoms with Crippen LogP contribution in [-0.2, 0) is 14.2 Å². The molecular weight excluding hydrogens is 246 g/mol. The molecule has 2 N–H and O–H groups in total. The molecule has 0 spiro atoms. The van der Waals surface area contributed by atoms with Crippen molar-refractivity contribution < 1.29 is 19.3 Å². The lowest BCUT2D eigenvalue weighted by molar-refractivity contribution is -0.0166. The molecule has 2 aliphatic heterocycles. The Morgan fingerprint density at radius 1 is 1.32 bits per heavy atom. The van der Waals surface area contributed by atoms with E-state index >= 15 is 0 Å². The van der Waals surface area contributed by atoms with Gasteiger partial charge in [0.2, 0.25) is 0 Å². The molecule has 5 heteroatoms. The molecule has 2 heterocycles. The van der Waals surface area contributed by atoms with Gasteiger partial charge in [0.1, 0.15) is 0 Å². The van der Waals surface area contributed by atoms with Gasteiger partial charge in [-0.1, -0.05) is 0 Å². The van der Waals surface area contributed by atoms with Crippen molar-refractivity contribution in [2.75, 3.05) is 39.5 Å². The Morgan fingerprint density at radius 2 is 2.21 bits per heavy atom. The van der Waals surface area contributed by atoms with Crippen molar-refractivity contribution in [3.63, 3.8) is 0 Å². The smallest absolute Gasteiger partial charge is 0.0897 e. The van der Waals surface area contributed by atoms with E-state index in [1.54, 1.807) is 0 Å². The number of hydrogen-bond donors (Lipinski definition) is 2. The average Bonchev–Trinajstić information content (AvgIpc) is 3.02. The van der Waals surface area contributed by atoms with Crippen LogP contribution in [-0.4, -0.2) is 62.9 Å². The van der Waals surface area contributed by atoms with Gasteiger partial charge in [-0.3, -0.25) is 0 Å². The summed E-state index contributed by atoms with van der Waals surface area (Å²) in [6, 6.07) is 0. The Morgan fingerprint density at radius 3 is 2.89 bits per heavy atom. The molecule has 2 saturated heterocycles. The molecule has 2 rings (SSSR count). The van der Waals surface area contributed by atoms with Gasteiger partial charge in [0.05, 0.1) is 31.5 Å². The number of aliphatic hydroxyl groups is 1. The molecule has 0 aromatic carbocycles.